The second kappa shape index (κ2) is 7.17. The molecule has 0 spiro atoms. The molecule has 1 aliphatic carbocycles. The molecule has 1 aliphatic heterocycles. The van der Waals surface area contributed by atoms with Crippen LogP contribution in [0.25, 0.3) is 0 Å². The third-order valence-corrected chi connectivity index (χ3v) is 5.23. The molecule has 1 aromatic rings. The number of imide groups is 1. The summed E-state index contributed by atoms with van der Waals surface area (Å²) in [6, 6.07) is 7.21. The lowest BCUT2D eigenvalue weighted by atomic mass is 10.1. The Labute approximate surface area is 139 Å². The highest BCUT2D eigenvalue weighted by atomic mass is 32.2. The van der Waals surface area contributed by atoms with Crippen LogP contribution in [-0.2, 0) is 4.79 Å². The molecule has 0 unspecified atom stereocenters. The van der Waals surface area contributed by atoms with Gasteiger partial charge in [0.15, 0.2) is 0 Å². The molecule has 2 aliphatic rings. The molecule has 6 heteroatoms. The number of carbonyl (C=O) groups is 3. The fraction of sp³-hybridized carbons (Fsp3) is 0.471. The lowest BCUT2D eigenvalue weighted by Crippen LogP contribution is -2.35. The van der Waals surface area contributed by atoms with E-state index in [1.165, 1.54) is 29.5 Å². The molecule has 1 saturated carbocycles. The molecule has 1 N–H and O–H groups in total. The molecule has 3 rings (SSSR count). The number of nitrogens with zero attached hydrogens (tertiary/aromatic N) is 1. The smallest absolute Gasteiger partial charge is 0.261 e. The number of hydrogen-bond acceptors (Lipinski definition) is 4. The summed E-state index contributed by atoms with van der Waals surface area (Å²) in [6.45, 7) is 0.341. The number of carbonyl (C=O) groups excluding carboxylic acids is 3. The van der Waals surface area contributed by atoms with Crippen LogP contribution in [0.4, 0.5) is 0 Å². The second-order valence-corrected chi connectivity index (χ2v) is 7.01. The van der Waals surface area contributed by atoms with Gasteiger partial charge in [0.25, 0.3) is 11.8 Å². The number of rotatable bonds is 6. The highest BCUT2D eigenvalue weighted by Crippen LogP contribution is 2.22. The van der Waals surface area contributed by atoms with Crippen LogP contribution in [0.15, 0.2) is 24.3 Å². The molecule has 0 aromatic heterocycles. The first-order valence-corrected chi connectivity index (χ1v) is 9.14. The zero-order chi connectivity index (χ0) is 16.2. The van der Waals surface area contributed by atoms with Gasteiger partial charge in [0.05, 0.1) is 16.9 Å². The molecular weight excluding hydrogens is 312 g/mol. The highest BCUT2D eigenvalue weighted by Gasteiger charge is 2.34. The van der Waals surface area contributed by atoms with Crippen LogP contribution in [-0.4, -0.2) is 46.7 Å². The Morgan fingerprint density at radius 3 is 2.35 bits per heavy atom. The first kappa shape index (κ1) is 16.1. The van der Waals surface area contributed by atoms with E-state index in [0.717, 1.165) is 12.8 Å². The molecule has 1 heterocycles. The van der Waals surface area contributed by atoms with Crippen LogP contribution < -0.4 is 5.32 Å². The molecule has 0 bridgehead atoms. The third kappa shape index (κ3) is 3.58. The molecule has 0 atom stereocenters. The first-order valence-electron chi connectivity index (χ1n) is 7.99. The molecule has 23 heavy (non-hydrogen) atoms. The fourth-order valence-electron chi connectivity index (χ4n) is 3.10. The maximum absolute atomic E-state index is 12.2. The molecule has 122 valence electrons. The molecular formula is C17H20N2O3S. The summed E-state index contributed by atoms with van der Waals surface area (Å²) in [5.74, 6) is 0.524. The van der Waals surface area contributed by atoms with Gasteiger partial charge in [0.2, 0.25) is 5.91 Å². The lowest BCUT2D eigenvalue weighted by molar-refractivity contribution is -0.119. The van der Waals surface area contributed by atoms with Gasteiger partial charge < -0.3 is 5.32 Å². The van der Waals surface area contributed by atoms with Gasteiger partial charge in [-0.2, -0.15) is 11.8 Å². The SMILES string of the molecule is O=C(CSCCN1C(=O)c2ccccc2C1=O)NC1CCCC1. The highest BCUT2D eigenvalue weighted by molar-refractivity contribution is 7.99. The van der Waals surface area contributed by atoms with E-state index in [1.54, 1.807) is 24.3 Å². The van der Waals surface area contributed by atoms with Crippen LogP contribution >= 0.6 is 11.8 Å². The Hall–Kier alpha value is -1.82. The second-order valence-electron chi connectivity index (χ2n) is 5.91. The molecule has 0 saturated heterocycles. The van der Waals surface area contributed by atoms with Gasteiger partial charge >= 0.3 is 0 Å². The fourth-order valence-corrected chi connectivity index (χ4v) is 3.83. The predicted octanol–water partition coefficient (Wildman–Crippen LogP) is 2.07. The zero-order valence-electron chi connectivity index (χ0n) is 12.9. The van der Waals surface area contributed by atoms with Crippen LogP contribution in [0.2, 0.25) is 0 Å². The standard InChI is InChI=1S/C17H20N2O3S/c20-15(18-12-5-1-2-6-12)11-23-10-9-19-16(21)13-7-3-4-8-14(13)17(19)22/h3-4,7-8,12H,1-2,5-6,9-11H2,(H,18,20). The van der Waals surface area contributed by atoms with Crippen molar-refractivity contribution < 1.29 is 14.4 Å². The maximum Gasteiger partial charge on any atom is 0.261 e. The summed E-state index contributed by atoms with van der Waals surface area (Å²) in [5, 5.41) is 3.03. The van der Waals surface area contributed by atoms with E-state index in [1.807, 2.05) is 0 Å². The molecule has 5 nitrogen and oxygen atoms in total. The van der Waals surface area contributed by atoms with Crippen molar-refractivity contribution >= 4 is 29.5 Å². The van der Waals surface area contributed by atoms with E-state index in [9.17, 15) is 14.4 Å². The van der Waals surface area contributed by atoms with E-state index in [0.29, 0.717) is 35.2 Å². The van der Waals surface area contributed by atoms with Gasteiger partial charge in [-0.25, -0.2) is 0 Å². The Balaban J connectivity index is 1.42. The quantitative estimate of drug-likeness (QED) is 0.640. The summed E-state index contributed by atoms with van der Waals surface area (Å²) in [4.78, 5) is 37.5. The minimum absolute atomic E-state index is 0.0456. The van der Waals surface area contributed by atoms with Crippen molar-refractivity contribution in [1.29, 1.82) is 0 Å². The van der Waals surface area contributed by atoms with E-state index < -0.39 is 0 Å². The number of hydrogen-bond donors (Lipinski definition) is 1. The van der Waals surface area contributed by atoms with Crippen molar-refractivity contribution in [2.75, 3.05) is 18.1 Å². The summed E-state index contributed by atoms with van der Waals surface area (Å²) in [5.41, 5.74) is 0.947. The Bertz CT molecular complexity index is 591. The molecule has 3 amide bonds. The Morgan fingerprint density at radius 2 is 1.74 bits per heavy atom. The van der Waals surface area contributed by atoms with Crippen molar-refractivity contribution in [3.05, 3.63) is 35.4 Å². The summed E-state index contributed by atoms with van der Waals surface area (Å²) >= 11 is 1.46. The molecule has 1 fully saturated rings. The molecule has 0 radical (unpaired) electrons. The summed E-state index contributed by atoms with van der Waals surface area (Å²) in [6.07, 6.45) is 4.53. The van der Waals surface area contributed by atoms with Gasteiger partial charge in [-0.1, -0.05) is 25.0 Å². The number of fused-ring (bicyclic) bond motifs is 1. The van der Waals surface area contributed by atoms with Crippen molar-refractivity contribution in [2.45, 2.75) is 31.7 Å². The van der Waals surface area contributed by atoms with Gasteiger partial charge in [-0.05, 0) is 25.0 Å². The van der Waals surface area contributed by atoms with Crippen molar-refractivity contribution in [3.63, 3.8) is 0 Å². The van der Waals surface area contributed by atoms with Crippen LogP contribution in [0.3, 0.4) is 0 Å². The topological polar surface area (TPSA) is 66.5 Å². The van der Waals surface area contributed by atoms with Crippen LogP contribution in [0, 0.1) is 0 Å². The van der Waals surface area contributed by atoms with E-state index in [4.69, 9.17) is 0 Å². The van der Waals surface area contributed by atoms with Crippen molar-refractivity contribution in [1.82, 2.24) is 10.2 Å². The van der Waals surface area contributed by atoms with Gasteiger partial charge in [-0.3, -0.25) is 19.3 Å². The lowest BCUT2D eigenvalue weighted by Gasteiger charge is -2.14. The normalized spacial score (nSPS) is 17.7. The van der Waals surface area contributed by atoms with Crippen LogP contribution in [0.1, 0.15) is 46.4 Å². The van der Waals surface area contributed by atoms with Crippen LogP contribution in [0.5, 0.6) is 0 Å². The number of benzene rings is 1. The monoisotopic (exact) mass is 332 g/mol. The minimum atomic E-state index is -0.235. The zero-order valence-corrected chi connectivity index (χ0v) is 13.7. The van der Waals surface area contributed by atoms with E-state index >= 15 is 0 Å². The van der Waals surface area contributed by atoms with Gasteiger partial charge in [-0.15, -0.1) is 0 Å². The van der Waals surface area contributed by atoms with Crippen molar-refractivity contribution in [3.8, 4) is 0 Å². The maximum atomic E-state index is 12.2. The Kier molecular flexibility index (Phi) is 5.00. The third-order valence-electron chi connectivity index (χ3n) is 4.29. The predicted molar refractivity (Wildman–Crippen MR) is 89.5 cm³/mol. The first-order chi connectivity index (χ1) is 11.2. The number of amides is 3. The van der Waals surface area contributed by atoms with E-state index in [2.05, 4.69) is 5.32 Å². The van der Waals surface area contributed by atoms with Crippen molar-refractivity contribution in [2.24, 2.45) is 0 Å². The average Bonchev–Trinajstić information content (AvgIpc) is 3.14. The molecule has 1 aromatic carbocycles. The largest absolute Gasteiger partial charge is 0.353 e. The van der Waals surface area contributed by atoms with Gasteiger partial charge in [0, 0.05) is 18.3 Å². The Morgan fingerprint density at radius 1 is 1.13 bits per heavy atom. The van der Waals surface area contributed by atoms with E-state index in [-0.39, 0.29) is 17.7 Å². The summed E-state index contributed by atoms with van der Waals surface area (Å²) < 4.78 is 0. The minimum Gasteiger partial charge on any atom is -0.353 e. The number of thioether (sulfide) groups is 1. The number of nitrogens with one attached hydrogen (secondary N) is 1. The van der Waals surface area contributed by atoms with Gasteiger partial charge in [0.1, 0.15) is 0 Å². The average molecular weight is 332 g/mol. The summed E-state index contributed by atoms with van der Waals surface area (Å²) in [7, 11) is 0.